The molecule has 1 fully saturated rings. The minimum Gasteiger partial charge on any atom is -0.395 e. The number of aliphatic hydroxyl groups excluding tert-OH is 1. The Balaban J connectivity index is 1.53. The second-order valence-corrected chi connectivity index (χ2v) is 7.96. The second kappa shape index (κ2) is 9.72. The van der Waals surface area contributed by atoms with E-state index >= 15 is 0 Å². The average Bonchev–Trinajstić information content (AvgIpc) is 3.34. The Morgan fingerprint density at radius 3 is 2.56 bits per heavy atom. The van der Waals surface area contributed by atoms with Crippen molar-refractivity contribution < 1.29 is 23.1 Å². The highest BCUT2D eigenvalue weighted by molar-refractivity contribution is 6.00. The van der Waals surface area contributed by atoms with Gasteiger partial charge in [0.25, 0.3) is 5.56 Å². The van der Waals surface area contributed by atoms with E-state index < -0.39 is 17.9 Å². The van der Waals surface area contributed by atoms with Crippen LogP contribution in [0.1, 0.15) is 24.1 Å². The number of carbonyl (C=O) groups excluding carboxylic acids is 1. The number of aromatic nitrogens is 2. The molecule has 1 aliphatic rings. The van der Waals surface area contributed by atoms with Gasteiger partial charge in [0.1, 0.15) is 11.5 Å². The standard InChI is InChI=1S/C23H24F3N5O3/c24-23(25,26)19-8-6-15(21(29-19)30-10-1-2-11-30)14-27-22(34)28-17-4-3-5-18-16(17)7-9-20(33)31(18)12-13-32/h3-9,32H,1-2,10-14H2,(H2,27,28,34). The molecule has 0 aliphatic carbocycles. The summed E-state index contributed by atoms with van der Waals surface area (Å²) in [5.41, 5.74) is 0.258. The van der Waals surface area contributed by atoms with Gasteiger partial charge in [0.2, 0.25) is 0 Å². The second-order valence-electron chi connectivity index (χ2n) is 7.96. The highest BCUT2D eigenvalue weighted by atomic mass is 19.4. The maximum Gasteiger partial charge on any atom is 0.433 e. The molecule has 3 heterocycles. The third-order valence-corrected chi connectivity index (χ3v) is 5.70. The van der Waals surface area contributed by atoms with Gasteiger partial charge in [0, 0.05) is 43.2 Å². The van der Waals surface area contributed by atoms with Crippen molar-refractivity contribution in [2.24, 2.45) is 0 Å². The van der Waals surface area contributed by atoms with Gasteiger partial charge in [-0.3, -0.25) is 4.79 Å². The first-order valence-corrected chi connectivity index (χ1v) is 10.9. The molecule has 0 atom stereocenters. The molecule has 180 valence electrons. The fraction of sp³-hybridized carbons (Fsp3) is 0.348. The van der Waals surface area contributed by atoms with Crippen molar-refractivity contribution in [1.82, 2.24) is 14.9 Å². The molecule has 0 saturated carbocycles. The fourth-order valence-electron chi connectivity index (χ4n) is 4.08. The molecule has 1 saturated heterocycles. The number of hydrogen-bond donors (Lipinski definition) is 3. The summed E-state index contributed by atoms with van der Waals surface area (Å²) >= 11 is 0. The number of nitrogens with one attached hydrogen (secondary N) is 2. The molecule has 1 aliphatic heterocycles. The molecule has 0 radical (unpaired) electrons. The van der Waals surface area contributed by atoms with Crippen molar-refractivity contribution >= 4 is 28.4 Å². The number of alkyl halides is 3. The molecule has 8 nitrogen and oxygen atoms in total. The first kappa shape index (κ1) is 23.6. The van der Waals surface area contributed by atoms with Crippen LogP contribution in [0.3, 0.4) is 0 Å². The lowest BCUT2D eigenvalue weighted by molar-refractivity contribution is -0.141. The van der Waals surface area contributed by atoms with Crippen LogP contribution in [0, 0.1) is 0 Å². The lowest BCUT2D eigenvalue weighted by Gasteiger charge is -2.22. The maximum absolute atomic E-state index is 13.2. The van der Waals surface area contributed by atoms with E-state index in [0.29, 0.717) is 35.2 Å². The minimum atomic E-state index is -4.55. The van der Waals surface area contributed by atoms with Crippen LogP contribution in [0.2, 0.25) is 0 Å². The molecule has 0 unspecified atom stereocenters. The van der Waals surface area contributed by atoms with Crippen LogP contribution in [0.4, 0.5) is 29.5 Å². The highest BCUT2D eigenvalue weighted by Gasteiger charge is 2.34. The van der Waals surface area contributed by atoms with Crippen molar-refractivity contribution in [2.45, 2.75) is 32.1 Å². The van der Waals surface area contributed by atoms with Gasteiger partial charge in [-0.25, -0.2) is 9.78 Å². The molecule has 2 amide bonds. The third-order valence-electron chi connectivity index (χ3n) is 5.70. The lowest BCUT2D eigenvalue weighted by Crippen LogP contribution is -2.30. The fourth-order valence-corrected chi connectivity index (χ4v) is 4.08. The van der Waals surface area contributed by atoms with E-state index in [2.05, 4.69) is 15.6 Å². The first-order chi connectivity index (χ1) is 16.3. The van der Waals surface area contributed by atoms with Gasteiger partial charge in [-0.05, 0) is 37.1 Å². The quantitative estimate of drug-likeness (QED) is 0.508. The van der Waals surface area contributed by atoms with E-state index in [1.165, 1.54) is 16.7 Å². The summed E-state index contributed by atoms with van der Waals surface area (Å²) in [7, 11) is 0. The number of urea groups is 1. The number of halogens is 3. The van der Waals surface area contributed by atoms with E-state index in [-0.39, 0.29) is 31.1 Å². The number of anilines is 2. The topological polar surface area (TPSA) is 99.5 Å². The SMILES string of the molecule is O=C(NCc1ccc(C(F)(F)F)nc1N1CCCC1)Nc1cccc2c1ccc(=O)n2CCO. The van der Waals surface area contributed by atoms with Crippen molar-refractivity contribution in [3.63, 3.8) is 0 Å². The largest absolute Gasteiger partial charge is 0.433 e. The Kier molecular flexibility index (Phi) is 6.73. The normalized spacial score (nSPS) is 13.9. The predicted molar refractivity (Wildman–Crippen MR) is 122 cm³/mol. The Hall–Kier alpha value is -3.60. The van der Waals surface area contributed by atoms with Crippen LogP contribution in [-0.4, -0.2) is 40.4 Å². The summed E-state index contributed by atoms with van der Waals surface area (Å²) in [6.07, 6.45) is -2.82. The summed E-state index contributed by atoms with van der Waals surface area (Å²) in [6, 6.07) is 9.71. The molecule has 0 bridgehead atoms. The highest BCUT2D eigenvalue weighted by Crippen LogP contribution is 2.31. The number of aliphatic hydroxyl groups is 1. The number of amides is 2. The molecular formula is C23H24F3N5O3. The van der Waals surface area contributed by atoms with Gasteiger partial charge in [0.05, 0.1) is 17.8 Å². The number of fused-ring (bicyclic) bond motifs is 1. The van der Waals surface area contributed by atoms with Crippen LogP contribution in [0.15, 0.2) is 47.3 Å². The number of rotatable bonds is 6. The number of pyridine rings is 2. The van der Waals surface area contributed by atoms with Crippen LogP contribution in [0.5, 0.6) is 0 Å². The number of hydrogen-bond acceptors (Lipinski definition) is 5. The number of benzene rings is 1. The van der Waals surface area contributed by atoms with Gasteiger partial charge in [-0.2, -0.15) is 13.2 Å². The molecule has 11 heteroatoms. The monoisotopic (exact) mass is 475 g/mol. The average molecular weight is 475 g/mol. The smallest absolute Gasteiger partial charge is 0.395 e. The van der Waals surface area contributed by atoms with Gasteiger partial charge in [0.15, 0.2) is 0 Å². The Bertz CT molecular complexity index is 1250. The molecule has 1 aromatic carbocycles. The zero-order valence-electron chi connectivity index (χ0n) is 18.2. The van der Waals surface area contributed by atoms with Gasteiger partial charge < -0.3 is 25.2 Å². The predicted octanol–water partition coefficient (Wildman–Crippen LogP) is 3.33. The summed E-state index contributed by atoms with van der Waals surface area (Å²) < 4.78 is 40.9. The van der Waals surface area contributed by atoms with E-state index in [1.807, 2.05) is 0 Å². The zero-order valence-corrected chi connectivity index (χ0v) is 18.2. The molecule has 3 aromatic rings. The zero-order chi connectivity index (χ0) is 24.3. The van der Waals surface area contributed by atoms with Crippen LogP contribution >= 0.6 is 0 Å². The van der Waals surface area contributed by atoms with E-state index in [0.717, 1.165) is 18.9 Å². The van der Waals surface area contributed by atoms with Crippen molar-refractivity contribution in [2.75, 3.05) is 29.9 Å². The van der Waals surface area contributed by atoms with Crippen LogP contribution < -0.4 is 21.1 Å². The first-order valence-electron chi connectivity index (χ1n) is 10.9. The molecular weight excluding hydrogens is 451 g/mol. The molecule has 3 N–H and O–H groups in total. The Morgan fingerprint density at radius 1 is 1.09 bits per heavy atom. The minimum absolute atomic E-state index is 0.0111. The van der Waals surface area contributed by atoms with Gasteiger partial charge >= 0.3 is 12.2 Å². The summed E-state index contributed by atoms with van der Waals surface area (Å²) in [5, 5.41) is 15.3. The molecule has 4 rings (SSSR count). The van der Waals surface area contributed by atoms with Crippen LogP contribution in [0.25, 0.3) is 10.9 Å². The van der Waals surface area contributed by atoms with E-state index in [4.69, 9.17) is 0 Å². The Labute approximate surface area is 193 Å². The summed E-state index contributed by atoms with van der Waals surface area (Å²) in [6.45, 7) is 1.12. The summed E-state index contributed by atoms with van der Waals surface area (Å²) in [5.74, 6) is 0.228. The summed E-state index contributed by atoms with van der Waals surface area (Å²) in [4.78, 5) is 30.4. The Morgan fingerprint density at radius 2 is 1.85 bits per heavy atom. The lowest BCUT2D eigenvalue weighted by atomic mass is 10.1. The van der Waals surface area contributed by atoms with Crippen molar-refractivity contribution in [1.29, 1.82) is 0 Å². The molecule has 34 heavy (non-hydrogen) atoms. The van der Waals surface area contributed by atoms with Crippen molar-refractivity contribution in [3.05, 3.63) is 64.1 Å². The van der Waals surface area contributed by atoms with E-state index in [1.54, 1.807) is 29.2 Å². The number of nitrogens with zero attached hydrogens (tertiary/aromatic N) is 3. The van der Waals surface area contributed by atoms with Gasteiger partial charge in [-0.1, -0.05) is 12.1 Å². The van der Waals surface area contributed by atoms with Gasteiger partial charge in [-0.15, -0.1) is 0 Å². The van der Waals surface area contributed by atoms with Crippen molar-refractivity contribution in [3.8, 4) is 0 Å². The third kappa shape index (κ3) is 4.98. The molecule has 2 aromatic heterocycles. The van der Waals surface area contributed by atoms with Crippen LogP contribution in [-0.2, 0) is 19.3 Å². The molecule has 0 spiro atoms. The number of carbonyl (C=O) groups is 1. The maximum atomic E-state index is 13.2. The van der Waals surface area contributed by atoms with E-state index in [9.17, 15) is 27.9 Å².